The van der Waals surface area contributed by atoms with Crippen molar-refractivity contribution in [1.82, 2.24) is 19.5 Å². The van der Waals surface area contributed by atoms with Gasteiger partial charge < -0.3 is 15.2 Å². The summed E-state index contributed by atoms with van der Waals surface area (Å²) >= 11 is 0. The lowest BCUT2D eigenvalue weighted by molar-refractivity contribution is 0.906. The molecule has 3 aromatic heterocycles. The number of rotatable bonds is 2. The fraction of sp³-hybridized carbons (Fsp3) is 0.200. The molecule has 4 aromatic rings. The van der Waals surface area contributed by atoms with Gasteiger partial charge >= 0.3 is 0 Å². The van der Waals surface area contributed by atoms with Gasteiger partial charge in [0.05, 0.1) is 16.9 Å². The van der Waals surface area contributed by atoms with E-state index in [1.807, 2.05) is 63.2 Å². The lowest BCUT2D eigenvalue weighted by atomic mass is 10.0. The minimum absolute atomic E-state index is 0.0434. The summed E-state index contributed by atoms with van der Waals surface area (Å²) in [5.74, 6) is 7.42. The van der Waals surface area contributed by atoms with E-state index in [2.05, 4.69) is 26.8 Å². The third-order valence-electron chi connectivity index (χ3n) is 5.30. The first-order valence-corrected chi connectivity index (χ1v) is 10.2. The highest BCUT2D eigenvalue weighted by Gasteiger charge is 2.15. The minimum atomic E-state index is -0.0434. The molecule has 7 heteroatoms. The SMILES string of the molecule is Cc1nc(N(C)C)nc(C)c1-c1ccc(N)nc1C#Cc1ccc2c(ccc(=O)n2C)c1. The first-order valence-electron chi connectivity index (χ1n) is 10.2. The molecule has 0 fully saturated rings. The first kappa shape index (κ1) is 21.1. The third-order valence-corrected chi connectivity index (χ3v) is 5.30. The molecular weight excluding hydrogens is 400 g/mol. The number of fused-ring (bicyclic) bond motifs is 1. The second-order valence-electron chi connectivity index (χ2n) is 7.85. The number of aryl methyl sites for hydroxylation is 3. The number of aromatic nitrogens is 4. The Morgan fingerprint density at radius 3 is 2.34 bits per heavy atom. The topological polar surface area (TPSA) is 89.9 Å². The minimum Gasteiger partial charge on any atom is -0.384 e. The van der Waals surface area contributed by atoms with Crippen LogP contribution in [-0.2, 0) is 7.05 Å². The van der Waals surface area contributed by atoms with E-state index >= 15 is 0 Å². The largest absolute Gasteiger partial charge is 0.384 e. The number of hydrogen-bond acceptors (Lipinski definition) is 6. The normalized spacial score (nSPS) is 10.7. The Kier molecular flexibility index (Phi) is 5.37. The number of nitrogens with two attached hydrogens (primary N) is 1. The summed E-state index contributed by atoms with van der Waals surface area (Å²) in [6, 6.07) is 12.8. The Bertz CT molecular complexity index is 1450. The molecule has 0 spiro atoms. The van der Waals surface area contributed by atoms with Crippen LogP contribution in [0, 0.1) is 25.7 Å². The zero-order valence-corrected chi connectivity index (χ0v) is 18.8. The molecule has 3 heterocycles. The van der Waals surface area contributed by atoms with Gasteiger partial charge in [0.1, 0.15) is 11.5 Å². The van der Waals surface area contributed by atoms with Crippen molar-refractivity contribution >= 4 is 22.7 Å². The van der Waals surface area contributed by atoms with Crippen molar-refractivity contribution in [3.8, 4) is 23.0 Å². The van der Waals surface area contributed by atoms with Crippen LogP contribution in [0.1, 0.15) is 22.6 Å². The van der Waals surface area contributed by atoms with E-state index in [0.29, 0.717) is 17.5 Å². The van der Waals surface area contributed by atoms with Gasteiger partial charge in [0.15, 0.2) is 0 Å². The fourth-order valence-corrected chi connectivity index (χ4v) is 3.65. The average Bonchev–Trinajstić information content (AvgIpc) is 2.75. The van der Waals surface area contributed by atoms with E-state index in [0.717, 1.165) is 39.0 Å². The van der Waals surface area contributed by atoms with Crippen molar-refractivity contribution in [2.75, 3.05) is 24.7 Å². The van der Waals surface area contributed by atoms with Gasteiger partial charge in [0, 0.05) is 43.9 Å². The molecule has 160 valence electrons. The molecule has 0 aliphatic heterocycles. The Balaban J connectivity index is 1.82. The Morgan fingerprint density at radius 1 is 0.938 bits per heavy atom. The lowest BCUT2D eigenvalue weighted by Crippen LogP contribution is -2.14. The van der Waals surface area contributed by atoms with E-state index < -0.39 is 0 Å². The highest BCUT2D eigenvalue weighted by atomic mass is 16.1. The highest BCUT2D eigenvalue weighted by molar-refractivity contribution is 5.81. The molecule has 0 aliphatic carbocycles. The van der Waals surface area contributed by atoms with E-state index in [4.69, 9.17) is 5.73 Å². The lowest BCUT2D eigenvalue weighted by Gasteiger charge is -2.16. The molecule has 0 atom stereocenters. The van der Waals surface area contributed by atoms with Crippen LogP contribution < -0.4 is 16.2 Å². The van der Waals surface area contributed by atoms with Crippen molar-refractivity contribution in [3.63, 3.8) is 0 Å². The Hall–Kier alpha value is -4.18. The molecule has 7 nitrogen and oxygen atoms in total. The van der Waals surface area contributed by atoms with Crippen LogP contribution in [0.4, 0.5) is 11.8 Å². The van der Waals surface area contributed by atoms with Gasteiger partial charge in [-0.1, -0.05) is 5.92 Å². The summed E-state index contributed by atoms with van der Waals surface area (Å²) in [5, 5.41) is 0.944. The second kappa shape index (κ2) is 8.16. The van der Waals surface area contributed by atoms with Crippen molar-refractivity contribution in [3.05, 3.63) is 75.5 Å². The number of anilines is 2. The summed E-state index contributed by atoms with van der Waals surface area (Å²) in [5.41, 5.74) is 11.6. The Labute approximate surface area is 186 Å². The average molecular weight is 425 g/mol. The van der Waals surface area contributed by atoms with Gasteiger partial charge in [-0.2, -0.15) is 0 Å². The first-order chi connectivity index (χ1) is 15.2. The van der Waals surface area contributed by atoms with E-state index in [-0.39, 0.29) is 5.56 Å². The van der Waals surface area contributed by atoms with Crippen molar-refractivity contribution < 1.29 is 0 Å². The van der Waals surface area contributed by atoms with Gasteiger partial charge in [0.25, 0.3) is 5.56 Å². The molecule has 32 heavy (non-hydrogen) atoms. The summed E-state index contributed by atoms with van der Waals surface area (Å²) in [6.45, 7) is 3.91. The summed E-state index contributed by atoms with van der Waals surface area (Å²) in [4.78, 5) is 27.5. The van der Waals surface area contributed by atoms with Crippen LogP contribution in [0.15, 0.2) is 47.3 Å². The molecule has 0 radical (unpaired) electrons. The zero-order chi connectivity index (χ0) is 23.0. The molecule has 0 saturated carbocycles. The molecule has 1 aromatic carbocycles. The maximum atomic E-state index is 11.8. The van der Waals surface area contributed by atoms with Crippen LogP contribution in [0.2, 0.25) is 0 Å². The van der Waals surface area contributed by atoms with Crippen LogP contribution in [0.25, 0.3) is 22.0 Å². The molecular formula is C25H24N6O. The van der Waals surface area contributed by atoms with Gasteiger partial charge in [-0.25, -0.2) is 15.0 Å². The predicted octanol–water partition coefficient (Wildman–Crippen LogP) is 3.06. The zero-order valence-electron chi connectivity index (χ0n) is 18.8. The summed E-state index contributed by atoms with van der Waals surface area (Å²) in [7, 11) is 5.58. The van der Waals surface area contributed by atoms with Gasteiger partial charge in [-0.3, -0.25) is 4.79 Å². The quantitative estimate of drug-likeness (QED) is 0.498. The van der Waals surface area contributed by atoms with E-state index in [1.54, 1.807) is 23.7 Å². The summed E-state index contributed by atoms with van der Waals surface area (Å²) in [6.07, 6.45) is 0. The molecule has 0 saturated heterocycles. The number of nitrogens with zero attached hydrogens (tertiary/aromatic N) is 5. The third kappa shape index (κ3) is 3.91. The Morgan fingerprint density at radius 2 is 1.66 bits per heavy atom. The van der Waals surface area contributed by atoms with Crippen molar-refractivity contribution in [1.29, 1.82) is 0 Å². The molecule has 0 bridgehead atoms. The summed E-state index contributed by atoms with van der Waals surface area (Å²) < 4.78 is 1.62. The van der Waals surface area contributed by atoms with Crippen molar-refractivity contribution in [2.24, 2.45) is 7.05 Å². The monoisotopic (exact) mass is 424 g/mol. The van der Waals surface area contributed by atoms with Gasteiger partial charge in [-0.05, 0) is 61.6 Å². The standard InChI is InChI=1S/C25H24N6O/c1-15-24(16(2)28-25(27-15)30(3)4)19-9-12-22(26)29-20(19)10-6-17-7-11-21-18(14-17)8-13-23(32)31(21)5/h7-9,11-14H,1-5H3,(H2,26,29). The van der Waals surface area contributed by atoms with Gasteiger partial charge in [-0.15, -0.1) is 0 Å². The van der Waals surface area contributed by atoms with Gasteiger partial charge in [0.2, 0.25) is 5.95 Å². The van der Waals surface area contributed by atoms with E-state index in [9.17, 15) is 4.79 Å². The number of benzene rings is 1. The van der Waals surface area contributed by atoms with E-state index in [1.165, 1.54) is 0 Å². The molecule has 0 unspecified atom stereocenters. The van der Waals surface area contributed by atoms with Crippen LogP contribution in [0.3, 0.4) is 0 Å². The highest BCUT2D eigenvalue weighted by Crippen LogP contribution is 2.29. The molecule has 2 N–H and O–H groups in total. The molecule has 4 rings (SSSR count). The number of nitrogen functional groups attached to an aromatic ring is 1. The fourth-order valence-electron chi connectivity index (χ4n) is 3.65. The predicted molar refractivity (Wildman–Crippen MR) is 129 cm³/mol. The maximum absolute atomic E-state index is 11.8. The smallest absolute Gasteiger partial charge is 0.250 e. The van der Waals surface area contributed by atoms with Crippen LogP contribution >= 0.6 is 0 Å². The number of pyridine rings is 2. The van der Waals surface area contributed by atoms with Crippen molar-refractivity contribution in [2.45, 2.75) is 13.8 Å². The van der Waals surface area contributed by atoms with Crippen LogP contribution in [-0.4, -0.2) is 33.6 Å². The second-order valence-corrected chi connectivity index (χ2v) is 7.85. The molecule has 0 amide bonds. The number of hydrogen-bond donors (Lipinski definition) is 1. The molecule has 0 aliphatic rings. The maximum Gasteiger partial charge on any atom is 0.250 e. The van der Waals surface area contributed by atoms with Crippen LogP contribution in [0.5, 0.6) is 0 Å².